The third-order valence-corrected chi connectivity index (χ3v) is 5.80. The lowest BCUT2D eigenvalue weighted by molar-refractivity contribution is 0.171. The van der Waals surface area contributed by atoms with Crippen molar-refractivity contribution >= 4 is 17.3 Å². The van der Waals surface area contributed by atoms with Gasteiger partial charge in [0.25, 0.3) is 0 Å². The van der Waals surface area contributed by atoms with Crippen LogP contribution in [0, 0.1) is 0 Å². The van der Waals surface area contributed by atoms with Gasteiger partial charge in [-0.2, -0.15) is 0 Å². The number of thiophene rings is 1. The fourth-order valence-corrected chi connectivity index (χ4v) is 3.79. The summed E-state index contributed by atoms with van der Waals surface area (Å²) in [6, 6.07) is 10.5. The summed E-state index contributed by atoms with van der Waals surface area (Å²) in [5, 5.41) is 5.65. The fraction of sp³-hybridized carbons (Fsp3) is 0.476. The number of guanidine groups is 1. The SMILES string of the molecule is CN=C(NCC(C)(C)c1ccc2c(c1)OCCO2)N(C)CCc1cccs1. The Morgan fingerprint density at radius 1 is 1.22 bits per heavy atom. The van der Waals surface area contributed by atoms with Gasteiger partial charge in [0.1, 0.15) is 13.2 Å². The van der Waals surface area contributed by atoms with Gasteiger partial charge in [0.2, 0.25) is 0 Å². The van der Waals surface area contributed by atoms with Crippen LogP contribution < -0.4 is 14.8 Å². The predicted molar refractivity (Wildman–Crippen MR) is 112 cm³/mol. The first-order valence-corrected chi connectivity index (χ1v) is 10.2. The number of rotatable bonds is 6. The second kappa shape index (κ2) is 8.65. The summed E-state index contributed by atoms with van der Waals surface area (Å²) in [6.07, 6.45) is 1.03. The fourth-order valence-electron chi connectivity index (χ4n) is 3.09. The Morgan fingerprint density at radius 3 is 2.70 bits per heavy atom. The number of hydrogen-bond donors (Lipinski definition) is 1. The van der Waals surface area contributed by atoms with Crippen molar-refractivity contribution in [2.24, 2.45) is 4.99 Å². The minimum absolute atomic E-state index is 0.0691. The van der Waals surface area contributed by atoms with E-state index >= 15 is 0 Å². The molecule has 1 aliphatic rings. The van der Waals surface area contributed by atoms with E-state index in [0.717, 1.165) is 37.0 Å². The smallest absolute Gasteiger partial charge is 0.193 e. The molecule has 0 spiro atoms. The Bertz CT molecular complexity index is 772. The van der Waals surface area contributed by atoms with Crippen LogP contribution in [0.1, 0.15) is 24.3 Å². The molecule has 27 heavy (non-hydrogen) atoms. The van der Waals surface area contributed by atoms with E-state index in [9.17, 15) is 0 Å². The van der Waals surface area contributed by atoms with Crippen molar-refractivity contribution in [2.45, 2.75) is 25.7 Å². The Morgan fingerprint density at radius 2 is 2.00 bits per heavy atom. The maximum Gasteiger partial charge on any atom is 0.193 e. The lowest BCUT2D eigenvalue weighted by atomic mass is 9.84. The molecule has 0 radical (unpaired) electrons. The molecule has 5 nitrogen and oxygen atoms in total. The molecule has 1 aromatic carbocycles. The second-order valence-electron chi connectivity index (χ2n) is 7.39. The highest BCUT2D eigenvalue weighted by Gasteiger charge is 2.24. The first-order chi connectivity index (χ1) is 13.0. The van der Waals surface area contributed by atoms with Crippen LogP contribution in [-0.2, 0) is 11.8 Å². The van der Waals surface area contributed by atoms with Crippen LogP contribution in [0.3, 0.4) is 0 Å². The summed E-state index contributed by atoms with van der Waals surface area (Å²) in [4.78, 5) is 8.02. The first kappa shape index (κ1) is 19.5. The minimum Gasteiger partial charge on any atom is -0.486 e. The van der Waals surface area contributed by atoms with Crippen molar-refractivity contribution in [3.8, 4) is 11.5 Å². The normalized spacial score (nSPS) is 14.1. The van der Waals surface area contributed by atoms with Crippen molar-refractivity contribution in [3.05, 3.63) is 46.2 Å². The van der Waals surface area contributed by atoms with E-state index in [1.807, 2.05) is 13.1 Å². The van der Waals surface area contributed by atoms with Gasteiger partial charge in [-0.3, -0.25) is 4.99 Å². The molecular formula is C21H29N3O2S. The van der Waals surface area contributed by atoms with Gasteiger partial charge in [0.15, 0.2) is 17.5 Å². The molecule has 1 aromatic heterocycles. The zero-order chi connectivity index (χ0) is 19.3. The first-order valence-electron chi connectivity index (χ1n) is 9.34. The molecule has 0 fully saturated rings. The molecule has 0 unspecified atom stereocenters. The van der Waals surface area contributed by atoms with Crippen molar-refractivity contribution < 1.29 is 9.47 Å². The van der Waals surface area contributed by atoms with Gasteiger partial charge in [-0.15, -0.1) is 11.3 Å². The Kier molecular flexibility index (Phi) is 6.26. The summed E-state index contributed by atoms with van der Waals surface area (Å²) in [7, 11) is 3.92. The van der Waals surface area contributed by atoms with Gasteiger partial charge in [-0.25, -0.2) is 0 Å². The highest BCUT2D eigenvalue weighted by atomic mass is 32.1. The highest BCUT2D eigenvalue weighted by Crippen LogP contribution is 2.34. The van der Waals surface area contributed by atoms with E-state index in [0.29, 0.717) is 13.2 Å². The summed E-state index contributed by atoms with van der Waals surface area (Å²) in [5.74, 6) is 2.58. The molecular weight excluding hydrogens is 358 g/mol. The zero-order valence-corrected chi connectivity index (χ0v) is 17.4. The maximum absolute atomic E-state index is 5.74. The Hall–Kier alpha value is -2.21. The zero-order valence-electron chi connectivity index (χ0n) is 16.6. The number of benzene rings is 1. The van der Waals surface area contributed by atoms with E-state index < -0.39 is 0 Å². The van der Waals surface area contributed by atoms with Gasteiger partial charge in [-0.1, -0.05) is 26.0 Å². The molecule has 1 N–H and O–H groups in total. The summed E-state index contributed by atoms with van der Waals surface area (Å²) in [6.45, 7) is 7.39. The molecule has 0 aliphatic carbocycles. The van der Waals surface area contributed by atoms with Crippen molar-refractivity contribution in [1.82, 2.24) is 10.2 Å². The maximum atomic E-state index is 5.74. The lowest BCUT2D eigenvalue weighted by Crippen LogP contribution is -2.44. The van der Waals surface area contributed by atoms with Crippen LogP contribution in [0.25, 0.3) is 0 Å². The predicted octanol–water partition coefficient (Wildman–Crippen LogP) is 3.55. The van der Waals surface area contributed by atoms with Gasteiger partial charge in [0, 0.05) is 37.5 Å². The Labute approximate surface area is 166 Å². The molecule has 0 saturated heterocycles. The third-order valence-electron chi connectivity index (χ3n) is 4.86. The van der Waals surface area contributed by atoms with Crippen molar-refractivity contribution in [3.63, 3.8) is 0 Å². The Balaban J connectivity index is 1.59. The van der Waals surface area contributed by atoms with Crippen LogP contribution >= 0.6 is 11.3 Å². The second-order valence-corrected chi connectivity index (χ2v) is 8.43. The largest absolute Gasteiger partial charge is 0.486 e. The molecule has 0 saturated carbocycles. The quantitative estimate of drug-likeness (QED) is 0.608. The van der Waals surface area contributed by atoms with Gasteiger partial charge < -0.3 is 19.7 Å². The number of nitrogens with zero attached hydrogens (tertiary/aromatic N) is 2. The topological polar surface area (TPSA) is 46.1 Å². The molecule has 2 heterocycles. The molecule has 1 aliphatic heterocycles. The van der Waals surface area contributed by atoms with Crippen LogP contribution in [0.2, 0.25) is 0 Å². The number of ether oxygens (including phenoxy) is 2. The lowest BCUT2D eigenvalue weighted by Gasteiger charge is -2.30. The molecule has 0 atom stereocenters. The minimum atomic E-state index is -0.0691. The molecule has 0 bridgehead atoms. The van der Waals surface area contributed by atoms with Gasteiger partial charge in [-0.05, 0) is 35.6 Å². The standard InChI is InChI=1S/C21H29N3O2S/c1-21(2,16-7-8-18-19(14-16)26-12-11-25-18)15-23-20(22-3)24(4)10-9-17-6-5-13-27-17/h5-8,13-14H,9-12,15H2,1-4H3,(H,22,23). The summed E-state index contributed by atoms with van der Waals surface area (Å²) in [5.41, 5.74) is 1.15. The summed E-state index contributed by atoms with van der Waals surface area (Å²) >= 11 is 1.80. The third kappa shape index (κ3) is 4.95. The van der Waals surface area contributed by atoms with Crippen LogP contribution in [0.4, 0.5) is 0 Å². The number of fused-ring (bicyclic) bond motifs is 1. The van der Waals surface area contributed by atoms with E-state index in [2.05, 4.69) is 65.7 Å². The van der Waals surface area contributed by atoms with Crippen LogP contribution in [-0.4, -0.2) is 51.3 Å². The number of aliphatic imine (C=N–C) groups is 1. The number of nitrogens with one attached hydrogen (secondary N) is 1. The number of likely N-dealkylation sites (N-methyl/N-ethyl adjacent to an activating group) is 1. The molecule has 0 amide bonds. The van der Waals surface area contributed by atoms with E-state index in [1.54, 1.807) is 11.3 Å². The molecule has 3 rings (SSSR count). The van der Waals surface area contributed by atoms with Crippen molar-refractivity contribution in [2.75, 3.05) is 40.4 Å². The van der Waals surface area contributed by atoms with Gasteiger partial charge >= 0.3 is 0 Å². The monoisotopic (exact) mass is 387 g/mol. The number of hydrogen-bond acceptors (Lipinski definition) is 4. The average Bonchev–Trinajstić information content (AvgIpc) is 3.20. The molecule has 146 valence electrons. The van der Waals surface area contributed by atoms with Crippen LogP contribution in [0.5, 0.6) is 11.5 Å². The van der Waals surface area contributed by atoms with Crippen molar-refractivity contribution in [1.29, 1.82) is 0 Å². The van der Waals surface area contributed by atoms with E-state index in [4.69, 9.17) is 9.47 Å². The van der Waals surface area contributed by atoms with Crippen LogP contribution in [0.15, 0.2) is 40.7 Å². The highest BCUT2D eigenvalue weighted by molar-refractivity contribution is 7.09. The molecule has 6 heteroatoms. The van der Waals surface area contributed by atoms with E-state index in [-0.39, 0.29) is 5.41 Å². The summed E-state index contributed by atoms with van der Waals surface area (Å²) < 4.78 is 11.4. The molecule has 2 aromatic rings. The van der Waals surface area contributed by atoms with E-state index in [1.165, 1.54) is 10.4 Å². The average molecular weight is 388 g/mol. The van der Waals surface area contributed by atoms with Gasteiger partial charge in [0.05, 0.1) is 0 Å².